The highest BCUT2D eigenvalue weighted by molar-refractivity contribution is 6.30. The van der Waals surface area contributed by atoms with Gasteiger partial charge in [-0.2, -0.15) is 0 Å². The molecular formula is C23H22ClN3. The average molecular weight is 376 g/mol. The van der Waals surface area contributed by atoms with E-state index in [2.05, 4.69) is 49.4 Å². The quantitative estimate of drug-likeness (QED) is 0.385. The molecule has 0 fully saturated rings. The van der Waals surface area contributed by atoms with Crippen LogP contribution in [0.15, 0.2) is 59.6 Å². The second kappa shape index (κ2) is 7.09. The molecule has 0 amide bonds. The van der Waals surface area contributed by atoms with Crippen LogP contribution in [0.5, 0.6) is 0 Å². The van der Waals surface area contributed by atoms with Gasteiger partial charge in [-0.25, -0.2) is 4.99 Å². The molecule has 3 nitrogen and oxygen atoms in total. The van der Waals surface area contributed by atoms with E-state index < -0.39 is 0 Å². The molecule has 1 unspecified atom stereocenters. The summed E-state index contributed by atoms with van der Waals surface area (Å²) in [6.45, 7) is 2.08. The molecule has 1 aliphatic carbocycles. The summed E-state index contributed by atoms with van der Waals surface area (Å²) in [5, 5.41) is 3.22. The van der Waals surface area contributed by atoms with Crippen molar-refractivity contribution in [2.75, 3.05) is 11.9 Å². The van der Waals surface area contributed by atoms with Gasteiger partial charge in [0, 0.05) is 17.5 Å². The lowest BCUT2D eigenvalue weighted by Crippen LogP contribution is -2.35. The molecule has 1 aliphatic rings. The van der Waals surface area contributed by atoms with Crippen LogP contribution in [-0.2, 0) is 6.42 Å². The van der Waals surface area contributed by atoms with Crippen molar-refractivity contribution in [3.8, 4) is 0 Å². The van der Waals surface area contributed by atoms with E-state index in [1.165, 1.54) is 27.5 Å². The zero-order valence-corrected chi connectivity index (χ0v) is 16.2. The van der Waals surface area contributed by atoms with Gasteiger partial charge in [-0.1, -0.05) is 60.2 Å². The number of halogens is 1. The van der Waals surface area contributed by atoms with E-state index in [1.807, 2.05) is 36.2 Å². The first-order valence-electron chi connectivity index (χ1n) is 9.08. The molecule has 27 heavy (non-hydrogen) atoms. The van der Waals surface area contributed by atoms with Crippen LogP contribution in [0.2, 0.25) is 5.02 Å². The molecule has 0 spiro atoms. The Morgan fingerprint density at radius 2 is 1.74 bits per heavy atom. The number of guanidine groups is 1. The predicted molar refractivity (Wildman–Crippen MR) is 118 cm³/mol. The van der Waals surface area contributed by atoms with E-state index in [4.69, 9.17) is 22.3 Å². The van der Waals surface area contributed by atoms with Gasteiger partial charge in [0.25, 0.3) is 0 Å². The Morgan fingerprint density at radius 1 is 1.04 bits per heavy atom. The molecule has 0 heterocycles. The lowest BCUT2D eigenvalue weighted by molar-refractivity contribution is 0.736. The number of aliphatic imine (C=N–C) groups is 1. The van der Waals surface area contributed by atoms with Crippen molar-refractivity contribution in [1.29, 1.82) is 0 Å². The van der Waals surface area contributed by atoms with E-state index in [-0.39, 0.29) is 6.04 Å². The summed E-state index contributed by atoms with van der Waals surface area (Å²) in [4.78, 5) is 6.68. The highest BCUT2D eigenvalue weighted by Gasteiger charge is 2.16. The Kier molecular flexibility index (Phi) is 4.63. The minimum atomic E-state index is 0.0760. The van der Waals surface area contributed by atoms with Crippen LogP contribution in [0.4, 0.5) is 5.69 Å². The van der Waals surface area contributed by atoms with Gasteiger partial charge in [0.05, 0.1) is 11.7 Å². The van der Waals surface area contributed by atoms with Crippen molar-refractivity contribution in [2.45, 2.75) is 19.4 Å². The van der Waals surface area contributed by atoms with Crippen LogP contribution in [0, 0.1) is 0 Å². The smallest absolute Gasteiger partial charge is 0.195 e. The largest absolute Gasteiger partial charge is 0.370 e. The number of hydrogen-bond acceptors (Lipinski definition) is 1. The molecule has 0 bridgehead atoms. The molecule has 4 rings (SSSR count). The lowest BCUT2D eigenvalue weighted by Gasteiger charge is -2.22. The van der Waals surface area contributed by atoms with Gasteiger partial charge in [-0.3, -0.25) is 0 Å². The van der Waals surface area contributed by atoms with Crippen molar-refractivity contribution in [2.24, 2.45) is 10.7 Å². The van der Waals surface area contributed by atoms with E-state index in [1.54, 1.807) is 0 Å². The summed E-state index contributed by atoms with van der Waals surface area (Å²) in [6, 6.07) is 18.6. The van der Waals surface area contributed by atoms with Crippen molar-refractivity contribution < 1.29 is 0 Å². The van der Waals surface area contributed by atoms with Crippen molar-refractivity contribution >= 4 is 46.2 Å². The first-order valence-corrected chi connectivity index (χ1v) is 9.46. The molecule has 0 radical (unpaired) electrons. The van der Waals surface area contributed by atoms with Gasteiger partial charge < -0.3 is 10.6 Å². The Bertz CT molecular complexity index is 1040. The molecule has 0 saturated carbocycles. The van der Waals surface area contributed by atoms with Crippen molar-refractivity contribution in [3.63, 3.8) is 0 Å². The molecule has 1 atom stereocenters. The fraction of sp³-hybridized carbons (Fsp3) is 0.174. The van der Waals surface area contributed by atoms with Gasteiger partial charge in [0.1, 0.15) is 0 Å². The van der Waals surface area contributed by atoms with Crippen molar-refractivity contribution in [1.82, 2.24) is 0 Å². The number of rotatable bonds is 4. The zero-order valence-electron chi connectivity index (χ0n) is 15.5. The van der Waals surface area contributed by atoms with E-state index in [0.29, 0.717) is 5.96 Å². The Balaban J connectivity index is 1.59. The summed E-state index contributed by atoms with van der Waals surface area (Å²) < 4.78 is 0. The molecule has 136 valence electrons. The third-order valence-corrected chi connectivity index (χ3v) is 5.28. The fourth-order valence-electron chi connectivity index (χ4n) is 3.64. The number of anilines is 1. The molecule has 0 aliphatic heterocycles. The van der Waals surface area contributed by atoms with Crippen LogP contribution in [0.25, 0.3) is 22.9 Å². The zero-order chi connectivity index (χ0) is 19.0. The predicted octanol–water partition coefficient (Wildman–Crippen LogP) is 5.36. The topological polar surface area (TPSA) is 41.6 Å². The SMILES string of the molecule is CC(Cc1ccc(Cl)cc1)N=C(N)N(C)c1ccc2c3c(cccc13)C=C2. The van der Waals surface area contributed by atoms with Crippen molar-refractivity contribution in [3.05, 3.63) is 76.3 Å². The van der Waals surface area contributed by atoms with E-state index >= 15 is 0 Å². The minimum Gasteiger partial charge on any atom is -0.370 e. The summed E-state index contributed by atoms with van der Waals surface area (Å²) >= 11 is 5.96. The van der Waals surface area contributed by atoms with E-state index in [9.17, 15) is 0 Å². The van der Waals surface area contributed by atoms with E-state index in [0.717, 1.165) is 17.1 Å². The standard InChI is InChI=1S/C23H22ClN3/c1-15(14-16-6-11-19(24)12-7-16)26-23(25)27(2)21-13-10-18-9-8-17-4-3-5-20(21)22(17)18/h3-13,15H,14H2,1-2H3,(H2,25,26). The second-order valence-electron chi connectivity index (χ2n) is 7.00. The Morgan fingerprint density at radius 3 is 2.48 bits per heavy atom. The van der Waals surface area contributed by atoms with Crippen LogP contribution >= 0.6 is 11.6 Å². The maximum Gasteiger partial charge on any atom is 0.195 e. The maximum atomic E-state index is 6.35. The Hall–Kier alpha value is -2.78. The first kappa shape index (κ1) is 17.6. The van der Waals surface area contributed by atoms with Gasteiger partial charge in [-0.05, 0) is 53.6 Å². The van der Waals surface area contributed by atoms with Crippen LogP contribution < -0.4 is 10.6 Å². The van der Waals surface area contributed by atoms with Crippen LogP contribution in [0.3, 0.4) is 0 Å². The van der Waals surface area contributed by atoms with Crippen LogP contribution in [-0.4, -0.2) is 19.0 Å². The molecule has 0 saturated heterocycles. The molecular weight excluding hydrogens is 354 g/mol. The number of nitrogens with zero attached hydrogens (tertiary/aromatic N) is 2. The summed E-state index contributed by atoms with van der Waals surface area (Å²) in [6.07, 6.45) is 5.14. The van der Waals surface area contributed by atoms with Gasteiger partial charge >= 0.3 is 0 Å². The maximum absolute atomic E-state index is 6.35. The number of benzene rings is 3. The summed E-state index contributed by atoms with van der Waals surface area (Å²) in [5.74, 6) is 0.517. The lowest BCUT2D eigenvalue weighted by atomic mass is 10.0. The monoisotopic (exact) mass is 375 g/mol. The van der Waals surface area contributed by atoms with Gasteiger partial charge in [0.15, 0.2) is 5.96 Å². The van der Waals surface area contributed by atoms with Crippen LogP contribution in [0.1, 0.15) is 23.6 Å². The highest BCUT2D eigenvalue weighted by Crippen LogP contribution is 2.36. The number of hydrogen-bond donors (Lipinski definition) is 1. The summed E-state index contributed by atoms with van der Waals surface area (Å²) in [5.41, 5.74) is 11.1. The molecule has 0 aromatic heterocycles. The summed E-state index contributed by atoms with van der Waals surface area (Å²) in [7, 11) is 1.97. The third-order valence-electron chi connectivity index (χ3n) is 5.03. The van der Waals surface area contributed by atoms with Gasteiger partial charge in [-0.15, -0.1) is 0 Å². The highest BCUT2D eigenvalue weighted by atomic mass is 35.5. The average Bonchev–Trinajstić information content (AvgIpc) is 3.08. The normalized spacial score (nSPS) is 14.0. The molecule has 2 N–H and O–H groups in total. The third kappa shape index (κ3) is 3.43. The second-order valence-corrected chi connectivity index (χ2v) is 7.44. The first-order chi connectivity index (χ1) is 13.0. The molecule has 3 aromatic rings. The fourth-order valence-corrected chi connectivity index (χ4v) is 3.77. The Labute approximate surface area is 164 Å². The molecule has 4 heteroatoms. The number of nitrogens with two attached hydrogens (primary N) is 1. The molecule has 3 aromatic carbocycles. The minimum absolute atomic E-state index is 0.0760. The van der Waals surface area contributed by atoms with Gasteiger partial charge in [0.2, 0.25) is 0 Å².